The molecule has 1 atom stereocenters. The van der Waals surface area contributed by atoms with Crippen LogP contribution < -0.4 is 10.6 Å². The third-order valence-corrected chi connectivity index (χ3v) is 7.12. The average molecular weight is 500 g/mol. The van der Waals surface area contributed by atoms with Crippen molar-refractivity contribution in [3.63, 3.8) is 0 Å². The number of nitrogens with zero attached hydrogens (tertiary/aromatic N) is 2. The lowest BCUT2D eigenvalue weighted by atomic mass is 9.99. The van der Waals surface area contributed by atoms with Gasteiger partial charge in [-0.2, -0.15) is 0 Å². The van der Waals surface area contributed by atoms with E-state index in [2.05, 4.69) is 53.1 Å². The molecule has 1 heterocycles. The fourth-order valence-electron chi connectivity index (χ4n) is 4.90. The molecule has 1 saturated heterocycles. The first-order valence-electron chi connectivity index (χ1n) is 13.1. The Morgan fingerprint density at radius 1 is 0.919 bits per heavy atom. The minimum atomic E-state index is -0.415. The molecule has 1 unspecified atom stereocenters. The standard InChI is InChI=1S/C31H37N3O3/c1-23(32)16-19-33-20-17-29(18-21-33)34(22-24-6-4-3-5-7-24)28-14-12-26(13-15-28)30(35)25-8-10-27(11-9-25)31(36)37-2/h3-15,23,29H,16-22,32H2,1-2H3. The number of carbonyl (C=O) groups is 2. The molecular weight excluding hydrogens is 462 g/mol. The van der Waals surface area contributed by atoms with Crippen molar-refractivity contribution < 1.29 is 14.3 Å². The van der Waals surface area contributed by atoms with Gasteiger partial charge in [-0.05, 0) is 74.7 Å². The molecule has 6 nitrogen and oxygen atoms in total. The number of esters is 1. The summed E-state index contributed by atoms with van der Waals surface area (Å²) in [6.07, 6.45) is 3.22. The van der Waals surface area contributed by atoms with E-state index in [1.54, 1.807) is 24.3 Å². The molecule has 1 aliphatic rings. The fraction of sp³-hybridized carbons (Fsp3) is 0.355. The van der Waals surface area contributed by atoms with Gasteiger partial charge in [0.05, 0.1) is 12.7 Å². The molecule has 0 saturated carbocycles. The summed E-state index contributed by atoms with van der Waals surface area (Å²) in [5, 5.41) is 0. The fourth-order valence-corrected chi connectivity index (χ4v) is 4.90. The van der Waals surface area contributed by atoms with Crippen molar-refractivity contribution >= 4 is 17.4 Å². The number of rotatable bonds is 10. The first-order valence-corrected chi connectivity index (χ1v) is 13.1. The normalized spacial score (nSPS) is 15.2. The van der Waals surface area contributed by atoms with E-state index >= 15 is 0 Å². The molecule has 37 heavy (non-hydrogen) atoms. The van der Waals surface area contributed by atoms with Gasteiger partial charge in [-0.1, -0.05) is 42.5 Å². The number of benzene rings is 3. The summed E-state index contributed by atoms with van der Waals surface area (Å²) in [4.78, 5) is 29.8. The van der Waals surface area contributed by atoms with Crippen LogP contribution in [0.5, 0.6) is 0 Å². The van der Waals surface area contributed by atoms with Crippen LogP contribution in [0.2, 0.25) is 0 Å². The molecule has 0 spiro atoms. The zero-order valence-corrected chi connectivity index (χ0v) is 21.8. The van der Waals surface area contributed by atoms with Gasteiger partial charge in [0.15, 0.2) is 5.78 Å². The van der Waals surface area contributed by atoms with Crippen molar-refractivity contribution in [2.24, 2.45) is 5.73 Å². The highest BCUT2D eigenvalue weighted by Crippen LogP contribution is 2.27. The summed E-state index contributed by atoms with van der Waals surface area (Å²) < 4.78 is 4.74. The van der Waals surface area contributed by atoms with Crippen LogP contribution >= 0.6 is 0 Å². The molecule has 1 fully saturated rings. The van der Waals surface area contributed by atoms with E-state index in [1.165, 1.54) is 12.7 Å². The highest BCUT2D eigenvalue weighted by atomic mass is 16.5. The monoisotopic (exact) mass is 499 g/mol. The molecule has 0 amide bonds. The summed E-state index contributed by atoms with van der Waals surface area (Å²) in [5.74, 6) is -0.485. The Balaban J connectivity index is 1.49. The number of hydrogen-bond donors (Lipinski definition) is 1. The van der Waals surface area contributed by atoms with Gasteiger partial charge >= 0.3 is 5.97 Å². The number of ether oxygens (including phenoxy) is 1. The van der Waals surface area contributed by atoms with Crippen LogP contribution in [0.25, 0.3) is 0 Å². The molecule has 0 radical (unpaired) electrons. The van der Waals surface area contributed by atoms with Crippen LogP contribution in [0, 0.1) is 0 Å². The largest absolute Gasteiger partial charge is 0.465 e. The lowest BCUT2D eigenvalue weighted by Gasteiger charge is -2.40. The van der Waals surface area contributed by atoms with Crippen molar-refractivity contribution in [3.8, 4) is 0 Å². The number of piperidine rings is 1. The molecular formula is C31H37N3O3. The van der Waals surface area contributed by atoms with E-state index in [1.807, 2.05) is 18.2 Å². The van der Waals surface area contributed by atoms with Crippen LogP contribution in [0.4, 0.5) is 5.69 Å². The number of methoxy groups -OCH3 is 1. The Hall–Kier alpha value is -3.48. The third kappa shape index (κ3) is 7.06. The Labute approximate surface area is 220 Å². The van der Waals surface area contributed by atoms with Crippen LogP contribution in [-0.2, 0) is 11.3 Å². The zero-order chi connectivity index (χ0) is 26.2. The molecule has 0 aliphatic carbocycles. The molecule has 3 aromatic carbocycles. The van der Waals surface area contributed by atoms with E-state index in [9.17, 15) is 9.59 Å². The molecule has 0 aromatic heterocycles. The predicted octanol–water partition coefficient (Wildman–Crippen LogP) is 4.91. The van der Waals surface area contributed by atoms with Crippen molar-refractivity contribution in [2.75, 3.05) is 31.6 Å². The quantitative estimate of drug-likeness (QED) is 0.315. The van der Waals surface area contributed by atoms with Crippen LogP contribution in [0.1, 0.15) is 58.0 Å². The Morgan fingerprint density at radius 2 is 1.49 bits per heavy atom. The Morgan fingerprint density at radius 3 is 2.05 bits per heavy atom. The van der Waals surface area contributed by atoms with Gasteiger partial charge in [0.1, 0.15) is 0 Å². The van der Waals surface area contributed by atoms with Gasteiger partial charge in [-0.25, -0.2) is 4.79 Å². The minimum Gasteiger partial charge on any atom is -0.465 e. The highest BCUT2D eigenvalue weighted by molar-refractivity contribution is 6.09. The van der Waals surface area contributed by atoms with Gasteiger partial charge in [-0.15, -0.1) is 0 Å². The second kappa shape index (κ2) is 12.7. The topological polar surface area (TPSA) is 75.9 Å². The van der Waals surface area contributed by atoms with E-state index in [0.717, 1.165) is 51.1 Å². The summed E-state index contributed by atoms with van der Waals surface area (Å²) >= 11 is 0. The number of carbonyl (C=O) groups excluding carboxylic acids is 2. The predicted molar refractivity (Wildman–Crippen MR) is 148 cm³/mol. The van der Waals surface area contributed by atoms with E-state index < -0.39 is 5.97 Å². The van der Waals surface area contributed by atoms with E-state index in [4.69, 9.17) is 10.5 Å². The highest BCUT2D eigenvalue weighted by Gasteiger charge is 2.25. The van der Waals surface area contributed by atoms with Gasteiger partial charge in [0.25, 0.3) is 0 Å². The van der Waals surface area contributed by atoms with E-state index in [-0.39, 0.29) is 11.8 Å². The molecule has 4 rings (SSSR count). The lowest BCUT2D eigenvalue weighted by Crippen LogP contribution is -2.45. The van der Waals surface area contributed by atoms with Gasteiger partial charge in [0.2, 0.25) is 0 Å². The number of anilines is 1. The molecule has 194 valence electrons. The smallest absolute Gasteiger partial charge is 0.337 e. The SMILES string of the molecule is COC(=O)c1ccc(C(=O)c2ccc(N(Cc3ccccc3)C3CCN(CCC(C)N)CC3)cc2)cc1. The van der Waals surface area contributed by atoms with Gasteiger partial charge < -0.3 is 20.3 Å². The maximum Gasteiger partial charge on any atom is 0.337 e. The summed E-state index contributed by atoms with van der Waals surface area (Å²) in [7, 11) is 1.34. The van der Waals surface area contributed by atoms with Crippen molar-refractivity contribution in [1.29, 1.82) is 0 Å². The number of ketones is 1. The summed E-state index contributed by atoms with van der Waals surface area (Å²) in [6, 6.07) is 25.7. The van der Waals surface area contributed by atoms with Gasteiger partial charge in [-0.3, -0.25) is 4.79 Å². The maximum absolute atomic E-state index is 13.1. The second-order valence-corrected chi connectivity index (χ2v) is 9.90. The molecule has 3 aromatic rings. The minimum absolute atomic E-state index is 0.0694. The lowest BCUT2D eigenvalue weighted by molar-refractivity contribution is 0.0600. The first-order chi connectivity index (χ1) is 17.9. The van der Waals surface area contributed by atoms with Gasteiger partial charge in [0, 0.05) is 48.5 Å². The third-order valence-electron chi connectivity index (χ3n) is 7.12. The maximum atomic E-state index is 13.1. The first kappa shape index (κ1) is 26.6. The Bertz CT molecular complexity index is 1150. The Kier molecular flexibility index (Phi) is 9.09. The van der Waals surface area contributed by atoms with Crippen LogP contribution in [0.15, 0.2) is 78.9 Å². The number of hydrogen-bond acceptors (Lipinski definition) is 6. The zero-order valence-electron chi connectivity index (χ0n) is 21.8. The molecule has 2 N–H and O–H groups in total. The summed E-state index contributed by atoms with van der Waals surface area (Å²) in [5.41, 5.74) is 9.95. The number of nitrogens with two attached hydrogens (primary N) is 1. The van der Waals surface area contributed by atoms with E-state index in [0.29, 0.717) is 22.7 Å². The van der Waals surface area contributed by atoms with Crippen LogP contribution in [0.3, 0.4) is 0 Å². The van der Waals surface area contributed by atoms with Crippen LogP contribution in [-0.4, -0.2) is 55.5 Å². The molecule has 1 aliphatic heterocycles. The molecule has 0 bridgehead atoms. The summed E-state index contributed by atoms with van der Waals surface area (Å²) in [6.45, 7) is 6.09. The van der Waals surface area contributed by atoms with Crippen molar-refractivity contribution in [2.45, 2.75) is 44.8 Å². The number of likely N-dealkylation sites (tertiary alicyclic amines) is 1. The molecule has 6 heteroatoms. The second-order valence-electron chi connectivity index (χ2n) is 9.90. The van der Waals surface area contributed by atoms with Crippen molar-refractivity contribution in [3.05, 3.63) is 101 Å². The van der Waals surface area contributed by atoms with Crippen molar-refractivity contribution in [1.82, 2.24) is 4.90 Å². The average Bonchev–Trinajstić information content (AvgIpc) is 2.95.